The van der Waals surface area contributed by atoms with Crippen molar-refractivity contribution < 1.29 is 4.79 Å². The van der Waals surface area contributed by atoms with Crippen molar-refractivity contribution >= 4 is 11.6 Å². The van der Waals surface area contributed by atoms with Crippen LogP contribution in [0.3, 0.4) is 0 Å². The normalized spacial score (nSPS) is 15.5. The standard InChI is InChI=1S/C23H32N4O3/c1-2-26-22(29)20(19(28)15-25-18-13-9-4-3-5-10-14-18)21(24)27(23(26)30)16-17-11-7-6-8-12-17/h6-8,11-12,18,25H,2-5,9-10,13-16,24H2,1H3. The maximum Gasteiger partial charge on any atom is 0.332 e. The van der Waals surface area contributed by atoms with Crippen molar-refractivity contribution in [3.63, 3.8) is 0 Å². The Labute approximate surface area is 176 Å². The highest BCUT2D eigenvalue weighted by atomic mass is 16.2. The molecule has 0 amide bonds. The Kier molecular flexibility index (Phi) is 7.63. The molecule has 0 atom stereocenters. The molecule has 0 saturated heterocycles. The van der Waals surface area contributed by atoms with Crippen LogP contribution < -0.4 is 22.3 Å². The van der Waals surface area contributed by atoms with E-state index in [1.54, 1.807) is 6.92 Å². The van der Waals surface area contributed by atoms with Gasteiger partial charge in [0, 0.05) is 12.6 Å². The summed E-state index contributed by atoms with van der Waals surface area (Å²) in [5.74, 6) is -0.411. The van der Waals surface area contributed by atoms with Crippen molar-refractivity contribution in [1.29, 1.82) is 0 Å². The summed E-state index contributed by atoms with van der Waals surface area (Å²) in [5.41, 5.74) is 5.90. The second-order valence-corrected chi connectivity index (χ2v) is 8.01. The van der Waals surface area contributed by atoms with E-state index in [-0.39, 0.29) is 42.8 Å². The van der Waals surface area contributed by atoms with Gasteiger partial charge in [0.25, 0.3) is 5.56 Å². The fourth-order valence-electron chi connectivity index (χ4n) is 4.16. The molecular weight excluding hydrogens is 380 g/mol. The number of hydrogen-bond acceptors (Lipinski definition) is 5. The van der Waals surface area contributed by atoms with Gasteiger partial charge in [-0.1, -0.05) is 62.4 Å². The number of carbonyl (C=O) groups excluding carboxylic acids is 1. The van der Waals surface area contributed by atoms with Crippen LogP contribution in [0.5, 0.6) is 0 Å². The minimum atomic E-state index is -0.603. The molecule has 1 heterocycles. The quantitative estimate of drug-likeness (QED) is 0.681. The molecule has 1 fully saturated rings. The minimum Gasteiger partial charge on any atom is -0.384 e. The van der Waals surface area contributed by atoms with Crippen molar-refractivity contribution in [3.8, 4) is 0 Å². The van der Waals surface area contributed by atoms with Gasteiger partial charge in [-0.15, -0.1) is 0 Å². The second kappa shape index (κ2) is 10.4. The average Bonchev–Trinajstić information content (AvgIpc) is 2.71. The lowest BCUT2D eigenvalue weighted by atomic mass is 9.96. The monoisotopic (exact) mass is 412 g/mol. The number of nitrogens with one attached hydrogen (secondary N) is 1. The summed E-state index contributed by atoms with van der Waals surface area (Å²) in [5, 5.41) is 3.32. The third kappa shape index (κ3) is 5.08. The minimum absolute atomic E-state index is 0.0528. The first-order chi connectivity index (χ1) is 14.5. The van der Waals surface area contributed by atoms with E-state index in [0.717, 1.165) is 35.8 Å². The summed E-state index contributed by atoms with van der Waals surface area (Å²) in [7, 11) is 0. The van der Waals surface area contributed by atoms with E-state index in [2.05, 4.69) is 5.32 Å². The van der Waals surface area contributed by atoms with Gasteiger partial charge in [-0.25, -0.2) is 4.79 Å². The van der Waals surface area contributed by atoms with Crippen LogP contribution in [-0.4, -0.2) is 27.5 Å². The molecule has 2 aromatic rings. The van der Waals surface area contributed by atoms with Gasteiger partial charge in [0.15, 0.2) is 5.78 Å². The van der Waals surface area contributed by atoms with Crippen LogP contribution in [0.4, 0.5) is 5.82 Å². The molecule has 30 heavy (non-hydrogen) atoms. The van der Waals surface area contributed by atoms with E-state index in [0.29, 0.717) is 0 Å². The Balaban J connectivity index is 1.87. The zero-order valence-corrected chi connectivity index (χ0v) is 17.7. The Hall–Kier alpha value is -2.67. The lowest BCUT2D eigenvalue weighted by Crippen LogP contribution is -2.45. The van der Waals surface area contributed by atoms with Gasteiger partial charge >= 0.3 is 5.69 Å². The Bertz CT molecular complexity index is 970. The van der Waals surface area contributed by atoms with Gasteiger partial charge in [-0.2, -0.15) is 0 Å². The highest BCUT2D eigenvalue weighted by Gasteiger charge is 2.23. The maximum absolute atomic E-state index is 13.0. The third-order valence-electron chi connectivity index (χ3n) is 5.90. The van der Waals surface area contributed by atoms with Crippen molar-refractivity contribution in [2.75, 3.05) is 12.3 Å². The smallest absolute Gasteiger partial charge is 0.332 e. The number of benzene rings is 1. The Morgan fingerprint density at radius 3 is 2.30 bits per heavy atom. The number of nitrogens with zero attached hydrogens (tertiary/aromatic N) is 2. The van der Waals surface area contributed by atoms with E-state index >= 15 is 0 Å². The zero-order chi connectivity index (χ0) is 21.5. The lowest BCUT2D eigenvalue weighted by molar-refractivity contribution is 0.0983. The number of rotatable bonds is 7. The molecule has 0 unspecified atom stereocenters. The highest BCUT2D eigenvalue weighted by molar-refractivity contribution is 6.01. The first kappa shape index (κ1) is 22.0. The topological polar surface area (TPSA) is 99.1 Å². The van der Waals surface area contributed by atoms with Crippen LogP contribution in [-0.2, 0) is 13.1 Å². The van der Waals surface area contributed by atoms with Gasteiger partial charge in [0.05, 0.1) is 13.1 Å². The largest absolute Gasteiger partial charge is 0.384 e. The molecule has 0 aliphatic heterocycles. The average molecular weight is 413 g/mol. The number of anilines is 1. The van der Waals surface area contributed by atoms with Crippen molar-refractivity contribution in [2.24, 2.45) is 0 Å². The molecule has 0 radical (unpaired) electrons. The van der Waals surface area contributed by atoms with E-state index in [9.17, 15) is 14.4 Å². The Morgan fingerprint density at radius 2 is 1.67 bits per heavy atom. The van der Waals surface area contributed by atoms with Crippen LogP contribution in [0.25, 0.3) is 0 Å². The summed E-state index contributed by atoms with van der Waals surface area (Å²) in [6.45, 7) is 2.16. The lowest BCUT2D eigenvalue weighted by Gasteiger charge is -2.21. The van der Waals surface area contributed by atoms with E-state index in [1.807, 2.05) is 30.3 Å². The summed E-state index contributed by atoms with van der Waals surface area (Å²) in [6.07, 6.45) is 8.11. The number of ketones is 1. The van der Waals surface area contributed by atoms with Crippen molar-refractivity contribution in [2.45, 2.75) is 71.0 Å². The molecule has 7 nitrogen and oxygen atoms in total. The SMILES string of the molecule is CCn1c(=O)c(C(=O)CNC2CCCCCCC2)c(N)n(Cc2ccccc2)c1=O. The summed E-state index contributed by atoms with van der Waals surface area (Å²) in [4.78, 5) is 38.7. The van der Waals surface area contributed by atoms with Crippen LogP contribution in [0.2, 0.25) is 0 Å². The molecule has 0 bridgehead atoms. The Morgan fingerprint density at radius 1 is 1.03 bits per heavy atom. The molecule has 1 aromatic carbocycles. The second-order valence-electron chi connectivity index (χ2n) is 8.01. The fraction of sp³-hybridized carbons (Fsp3) is 0.522. The van der Waals surface area contributed by atoms with Gasteiger partial charge in [0.1, 0.15) is 11.4 Å². The van der Waals surface area contributed by atoms with Gasteiger partial charge in [0.2, 0.25) is 0 Å². The number of nitrogen functional groups attached to an aromatic ring is 1. The summed E-state index contributed by atoms with van der Waals surface area (Å²) < 4.78 is 2.41. The van der Waals surface area contributed by atoms with E-state index < -0.39 is 11.2 Å². The molecule has 1 aromatic heterocycles. The van der Waals surface area contributed by atoms with Crippen molar-refractivity contribution in [1.82, 2.24) is 14.5 Å². The molecule has 3 N–H and O–H groups in total. The van der Waals surface area contributed by atoms with Crippen LogP contribution in [0.1, 0.15) is 67.8 Å². The van der Waals surface area contributed by atoms with Crippen LogP contribution >= 0.6 is 0 Å². The van der Waals surface area contributed by atoms with Gasteiger partial charge in [-0.05, 0) is 25.3 Å². The van der Waals surface area contributed by atoms with Crippen LogP contribution in [0, 0.1) is 0 Å². The highest BCUT2D eigenvalue weighted by Crippen LogP contribution is 2.17. The fourth-order valence-corrected chi connectivity index (χ4v) is 4.16. The molecule has 162 valence electrons. The summed E-state index contributed by atoms with van der Waals surface area (Å²) in [6, 6.07) is 9.67. The number of Topliss-reactive ketones (excluding diaryl/α,β-unsaturated/α-hetero) is 1. The van der Waals surface area contributed by atoms with Crippen LogP contribution in [0.15, 0.2) is 39.9 Å². The first-order valence-electron chi connectivity index (χ1n) is 11.0. The molecule has 3 rings (SSSR count). The van der Waals surface area contributed by atoms with E-state index in [4.69, 9.17) is 5.73 Å². The molecule has 7 heteroatoms. The molecule has 1 aliphatic carbocycles. The predicted octanol–water partition coefficient (Wildman–Crippen LogP) is 2.55. The molecule has 1 aliphatic rings. The third-order valence-corrected chi connectivity index (χ3v) is 5.90. The number of aromatic nitrogens is 2. The molecule has 1 saturated carbocycles. The van der Waals surface area contributed by atoms with E-state index in [1.165, 1.54) is 23.8 Å². The molecular formula is C23H32N4O3. The van der Waals surface area contributed by atoms with Gasteiger partial charge in [-0.3, -0.25) is 18.7 Å². The maximum atomic E-state index is 13.0. The summed E-state index contributed by atoms with van der Waals surface area (Å²) >= 11 is 0. The number of nitrogens with two attached hydrogens (primary N) is 1. The number of carbonyl (C=O) groups is 1. The van der Waals surface area contributed by atoms with Crippen molar-refractivity contribution in [3.05, 3.63) is 62.3 Å². The first-order valence-corrected chi connectivity index (χ1v) is 11.0. The number of hydrogen-bond donors (Lipinski definition) is 2. The zero-order valence-electron chi connectivity index (χ0n) is 17.7. The predicted molar refractivity (Wildman–Crippen MR) is 119 cm³/mol. The van der Waals surface area contributed by atoms with Gasteiger partial charge < -0.3 is 11.1 Å². The molecule has 0 spiro atoms.